The molecule has 156 valence electrons. The molecule has 12 heteroatoms. The molecule has 0 unspecified atom stereocenters. The fourth-order valence-corrected chi connectivity index (χ4v) is 4.18. The molecule has 0 spiro atoms. The van der Waals surface area contributed by atoms with Crippen molar-refractivity contribution in [1.29, 1.82) is 0 Å². The number of nitrogens with zero attached hydrogens (tertiary/aromatic N) is 3. The van der Waals surface area contributed by atoms with Gasteiger partial charge in [-0.1, -0.05) is 16.8 Å². The molecule has 0 amide bonds. The van der Waals surface area contributed by atoms with Gasteiger partial charge in [-0.25, -0.2) is 13.2 Å². The molecule has 0 fully saturated rings. The van der Waals surface area contributed by atoms with Crippen LogP contribution in [0.3, 0.4) is 0 Å². The van der Waals surface area contributed by atoms with Crippen LogP contribution in [0.15, 0.2) is 55.0 Å². The van der Waals surface area contributed by atoms with Gasteiger partial charge in [-0.15, -0.1) is 0 Å². The Balaban J connectivity index is 1.66. The van der Waals surface area contributed by atoms with E-state index in [0.29, 0.717) is 23.0 Å². The fraction of sp³-hybridized carbons (Fsp3) is 0.167. The van der Waals surface area contributed by atoms with E-state index >= 15 is 0 Å². The zero-order valence-electron chi connectivity index (χ0n) is 15.7. The minimum absolute atomic E-state index is 0.0257. The van der Waals surface area contributed by atoms with Crippen LogP contribution in [-0.4, -0.2) is 30.2 Å². The molecule has 2 aromatic heterocycles. The van der Waals surface area contributed by atoms with Crippen molar-refractivity contribution in [3.63, 3.8) is 0 Å². The number of ether oxygens (including phenoxy) is 1. The van der Waals surface area contributed by atoms with Gasteiger partial charge in [0.05, 0.1) is 34.8 Å². The van der Waals surface area contributed by atoms with Gasteiger partial charge in [0, 0.05) is 13.0 Å². The Kier molecular flexibility index (Phi) is 5.00. The molecule has 0 aliphatic carbocycles. The van der Waals surface area contributed by atoms with E-state index in [2.05, 4.69) is 14.9 Å². The molecule has 1 N–H and O–H groups in total. The Labute approximate surface area is 175 Å². The minimum Gasteiger partial charge on any atom is -0.495 e. The van der Waals surface area contributed by atoms with Crippen molar-refractivity contribution in [2.24, 2.45) is 0 Å². The number of oxazole rings is 1. The highest BCUT2D eigenvalue weighted by Crippen LogP contribution is 2.29. The molecule has 4 aromatic rings. The number of benzene rings is 2. The summed E-state index contributed by atoms with van der Waals surface area (Å²) in [5, 5.41) is 4.01. The summed E-state index contributed by atoms with van der Waals surface area (Å²) >= 11 is 6.04. The van der Waals surface area contributed by atoms with Gasteiger partial charge in [-0.05, 0) is 30.3 Å². The van der Waals surface area contributed by atoms with Crippen LogP contribution in [0.1, 0.15) is 11.7 Å². The SMILES string of the molecule is COc1ccc(NS(=O)(=O)c2ccc3c(c2)oc(=O)n3Cc2noc(C)n2)cc1Cl. The van der Waals surface area contributed by atoms with Crippen molar-refractivity contribution in [3.05, 3.63) is 63.7 Å². The number of methoxy groups -OCH3 is 1. The number of sulfonamides is 1. The van der Waals surface area contributed by atoms with Gasteiger partial charge >= 0.3 is 5.76 Å². The molecule has 0 bridgehead atoms. The lowest BCUT2D eigenvalue weighted by atomic mass is 10.3. The summed E-state index contributed by atoms with van der Waals surface area (Å²) in [6, 6.07) is 8.60. The highest BCUT2D eigenvalue weighted by Gasteiger charge is 2.19. The Morgan fingerprint density at radius 1 is 1.23 bits per heavy atom. The third-order valence-electron chi connectivity index (χ3n) is 4.22. The molecule has 2 heterocycles. The highest BCUT2D eigenvalue weighted by atomic mass is 35.5. The molecule has 30 heavy (non-hydrogen) atoms. The number of fused-ring (bicyclic) bond motifs is 1. The molecule has 0 atom stereocenters. The van der Waals surface area contributed by atoms with Crippen LogP contribution in [0.5, 0.6) is 5.75 Å². The molecule has 0 radical (unpaired) electrons. The maximum absolute atomic E-state index is 12.8. The van der Waals surface area contributed by atoms with Gasteiger partial charge in [-0.3, -0.25) is 9.29 Å². The van der Waals surface area contributed by atoms with E-state index in [4.69, 9.17) is 25.3 Å². The van der Waals surface area contributed by atoms with Crippen LogP contribution >= 0.6 is 11.6 Å². The summed E-state index contributed by atoms with van der Waals surface area (Å²) in [6.07, 6.45) is 0. The Morgan fingerprint density at radius 3 is 2.70 bits per heavy atom. The van der Waals surface area contributed by atoms with E-state index in [1.165, 1.54) is 42.0 Å². The number of hydrogen-bond donors (Lipinski definition) is 1. The van der Waals surface area contributed by atoms with Gasteiger partial charge in [-0.2, -0.15) is 4.98 Å². The number of halogens is 1. The Morgan fingerprint density at radius 2 is 2.03 bits per heavy atom. The number of aromatic nitrogens is 3. The van der Waals surface area contributed by atoms with E-state index in [1.807, 2.05) is 0 Å². The molecule has 0 saturated carbocycles. The predicted molar refractivity (Wildman–Crippen MR) is 107 cm³/mol. The van der Waals surface area contributed by atoms with Gasteiger partial charge < -0.3 is 13.7 Å². The van der Waals surface area contributed by atoms with Crippen molar-refractivity contribution in [3.8, 4) is 5.75 Å². The smallest absolute Gasteiger partial charge is 0.420 e. The average Bonchev–Trinajstić information content (AvgIpc) is 3.24. The minimum atomic E-state index is -3.96. The van der Waals surface area contributed by atoms with Gasteiger partial charge in [0.2, 0.25) is 5.89 Å². The normalized spacial score (nSPS) is 11.7. The molecule has 0 aliphatic rings. The maximum Gasteiger partial charge on any atom is 0.420 e. The van der Waals surface area contributed by atoms with Crippen molar-refractivity contribution >= 4 is 38.4 Å². The standard InChI is InChI=1S/C18H15ClN4O6S/c1-10-20-17(21-29-10)9-23-14-5-4-12(8-16(14)28-18(23)24)30(25,26)22-11-3-6-15(27-2)13(19)7-11/h3-8,22H,9H2,1-2H3. The number of hydrogen-bond acceptors (Lipinski definition) is 8. The fourth-order valence-electron chi connectivity index (χ4n) is 2.85. The quantitative estimate of drug-likeness (QED) is 0.474. The van der Waals surface area contributed by atoms with Crippen LogP contribution in [0.4, 0.5) is 5.69 Å². The summed E-state index contributed by atoms with van der Waals surface area (Å²) in [7, 11) is -2.50. The summed E-state index contributed by atoms with van der Waals surface area (Å²) in [4.78, 5) is 16.2. The monoisotopic (exact) mass is 450 g/mol. The van der Waals surface area contributed by atoms with Crippen LogP contribution in [0.2, 0.25) is 5.02 Å². The largest absolute Gasteiger partial charge is 0.495 e. The number of aryl methyl sites for hydroxylation is 1. The summed E-state index contributed by atoms with van der Waals surface area (Å²) < 4.78 is 44.4. The van der Waals surface area contributed by atoms with Crippen molar-refractivity contribution in [2.75, 3.05) is 11.8 Å². The van der Waals surface area contributed by atoms with Crippen LogP contribution in [0.25, 0.3) is 11.1 Å². The molecule has 2 aromatic carbocycles. The average molecular weight is 451 g/mol. The first-order valence-electron chi connectivity index (χ1n) is 8.56. The van der Waals surface area contributed by atoms with Gasteiger partial charge in [0.15, 0.2) is 11.4 Å². The van der Waals surface area contributed by atoms with E-state index in [-0.39, 0.29) is 27.7 Å². The third kappa shape index (κ3) is 3.76. The molecule has 0 aliphatic heterocycles. The third-order valence-corrected chi connectivity index (χ3v) is 5.90. The molecule has 0 saturated heterocycles. The van der Waals surface area contributed by atoms with E-state index in [1.54, 1.807) is 13.0 Å². The number of anilines is 1. The summed E-state index contributed by atoms with van der Waals surface area (Å²) in [6.45, 7) is 1.66. The first-order chi connectivity index (χ1) is 14.3. The maximum atomic E-state index is 12.8. The second-order valence-corrected chi connectivity index (χ2v) is 8.36. The van der Waals surface area contributed by atoms with E-state index in [9.17, 15) is 13.2 Å². The molecular weight excluding hydrogens is 436 g/mol. The lowest BCUT2D eigenvalue weighted by molar-refractivity contribution is 0.385. The highest BCUT2D eigenvalue weighted by molar-refractivity contribution is 7.92. The Hall–Kier alpha value is -3.31. The molecule has 4 rings (SSSR count). The van der Waals surface area contributed by atoms with E-state index in [0.717, 1.165) is 0 Å². The lowest BCUT2D eigenvalue weighted by Crippen LogP contribution is -2.15. The predicted octanol–water partition coefficient (Wildman–Crippen LogP) is 2.80. The first kappa shape index (κ1) is 20.0. The van der Waals surface area contributed by atoms with Crippen LogP contribution in [-0.2, 0) is 16.6 Å². The van der Waals surface area contributed by atoms with Crippen molar-refractivity contribution < 1.29 is 22.1 Å². The topological polar surface area (TPSA) is 129 Å². The lowest BCUT2D eigenvalue weighted by Gasteiger charge is -2.10. The van der Waals surface area contributed by atoms with Crippen LogP contribution in [0, 0.1) is 6.92 Å². The zero-order chi connectivity index (χ0) is 21.5. The van der Waals surface area contributed by atoms with E-state index < -0.39 is 15.8 Å². The number of rotatable bonds is 6. The first-order valence-corrected chi connectivity index (χ1v) is 10.4. The molecular formula is C18H15ClN4O6S. The zero-order valence-corrected chi connectivity index (χ0v) is 17.3. The number of nitrogens with one attached hydrogen (secondary N) is 1. The van der Waals surface area contributed by atoms with Gasteiger partial charge in [0.1, 0.15) is 5.75 Å². The van der Waals surface area contributed by atoms with Gasteiger partial charge in [0.25, 0.3) is 10.0 Å². The summed E-state index contributed by atoms with van der Waals surface area (Å²) in [5.41, 5.74) is 0.761. The Bertz CT molecular complexity index is 1410. The molecule has 10 nitrogen and oxygen atoms in total. The van der Waals surface area contributed by atoms with Crippen LogP contribution < -0.4 is 15.2 Å². The summed E-state index contributed by atoms with van der Waals surface area (Å²) in [5.74, 6) is 0.411. The second-order valence-electron chi connectivity index (χ2n) is 6.27. The second kappa shape index (κ2) is 7.50. The van der Waals surface area contributed by atoms with Crippen molar-refractivity contribution in [2.45, 2.75) is 18.4 Å². The van der Waals surface area contributed by atoms with Crippen molar-refractivity contribution in [1.82, 2.24) is 14.7 Å².